The standard InChI is InChI=1S/C11H20N4O2S/c1-4-5-15(3)11-14-9(12)8(18-11)10(17)13-7(2)6-16/h7,16H,4-6,12H2,1-3H3,(H,13,17). The number of nitrogens with zero attached hydrogens (tertiary/aromatic N) is 2. The van der Waals surface area contributed by atoms with E-state index in [2.05, 4.69) is 17.2 Å². The van der Waals surface area contributed by atoms with Gasteiger partial charge >= 0.3 is 0 Å². The lowest BCUT2D eigenvalue weighted by atomic mass is 10.3. The van der Waals surface area contributed by atoms with Crippen LogP contribution in [0.4, 0.5) is 10.9 Å². The van der Waals surface area contributed by atoms with Crippen molar-refractivity contribution in [1.29, 1.82) is 0 Å². The molecule has 1 rings (SSSR count). The van der Waals surface area contributed by atoms with Crippen LogP contribution in [0.2, 0.25) is 0 Å². The van der Waals surface area contributed by atoms with Gasteiger partial charge in [-0.2, -0.15) is 0 Å². The minimum absolute atomic E-state index is 0.104. The van der Waals surface area contributed by atoms with E-state index >= 15 is 0 Å². The predicted molar refractivity (Wildman–Crippen MR) is 74.1 cm³/mol. The molecule has 0 saturated heterocycles. The number of aliphatic hydroxyl groups is 1. The molecular formula is C11H20N4O2S. The maximum absolute atomic E-state index is 11.9. The fourth-order valence-electron chi connectivity index (χ4n) is 1.41. The summed E-state index contributed by atoms with van der Waals surface area (Å²) in [4.78, 5) is 18.4. The molecule has 1 aromatic rings. The third kappa shape index (κ3) is 3.58. The summed E-state index contributed by atoms with van der Waals surface area (Å²) in [5, 5.41) is 12.3. The summed E-state index contributed by atoms with van der Waals surface area (Å²) in [5.41, 5.74) is 5.74. The normalized spacial score (nSPS) is 12.2. The summed E-state index contributed by atoms with van der Waals surface area (Å²) >= 11 is 1.26. The smallest absolute Gasteiger partial charge is 0.265 e. The maximum Gasteiger partial charge on any atom is 0.265 e. The first kappa shape index (κ1) is 14.7. The van der Waals surface area contributed by atoms with Crippen molar-refractivity contribution < 1.29 is 9.90 Å². The van der Waals surface area contributed by atoms with Gasteiger partial charge in [-0.1, -0.05) is 18.3 Å². The molecule has 1 aromatic heterocycles. The lowest BCUT2D eigenvalue weighted by Gasteiger charge is -2.13. The van der Waals surface area contributed by atoms with E-state index in [1.165, 1.54) is 11.3 Å². The molecule has 1 atom stereocenters. The number of hydrogen-bond acceptors (Lipinski definition) is 6. The van der Waals surface area contributed by atoms with Crippen LogP contribution in [0.25, 0.3) is 0 Å². The first-order valence-electron chi connectivity index (χ1n) is 5.88. The van der Waals surface area contributed by atoms with Crippen molar-refractivity contribution in [3.05, 3.63) is 4.88 Å². The molecule has 0 spiro atoms. The molecule has 0 saturated carbocycles. The van der Waals surface area contributed by atoms with Crippen LogP contribution in [0.3, 0.4) is 0 Å². The highest BCUT2D eigenvalue weighted by Crippen LogP contribution is 2.27. The van der Waals surface area contributed by atoms with E-state index in [0.29, 0.717) is 4.88 Å². The Bertz CT molecular complexity index is 408. The molecule has 0 aromatic carbocycles. The highest BCUT2D eigenvalue weighted by molar-refractivity contribution is 7.18. The summed E-state index contributed by atoms with van der Waals surface area (Å²) in [6, 6.07) is -0.296. The molecule has 7 heteroatoms. The van der Waals surface area contributed by atoms with Gasteiger partial charge in [-0.25, -0.2) is 4.98 Å². The van der Waals surface area contributed by atoms with Gasteiger partial charge in [0, 0.05) is 19.6 Å². The number of thiazole rings is 1. The molecule has 1 amide bonds. The molecule has 18 heavy (non-hydrogen) atoms. The molecule has 0 fully saturated rings. The largest absolute Gasteiger partial charge is 0.394 e. The SMILES string of the molecule is CCCN(C)c1nc(N)c(C(=O)NC(C)CO)s1. The molecular weight excluding hydrogens is 252 g/mol. The van der Waals surface area contributed by atoms with Gasteiger partial charge in [0.1, 0.15) is 10.7 Å². The Labute approximate surface area is 111 Å². The van der Waals surface area contributed by atoms with Crippen molar-refractivity contribution in [2.45, 2.75) is 26.3 Å². The minimum atomic E-state index is -0.296. The number of rotatable bonds is 6. The van der Waals surface area contributed by atoms with Crippen molar-refractivity contribution in [3.8, 4) is 0 Å². The Morgan fingerprint density at radius 1 is 1.67 bits per heavy atom. The summed E-state index contributed by atoms with van der Waals surface area (Å²) in [5.74, 6) is -0.0525. The van der Waals surface area contributed by atoms with Gasteiger partial charge in [0.25, 0.3) is 5.91 Å². The monoisotopic (exact) mass is 272 g/mol. The van der Waals surface area contributed by atoms with Crippen LogP contribution in [-0.2, 0) is 0 Å². The van der Waals surface area contributed by atoms with Crippen molar-refractivity contribution in [2.75, 3.05) is 30.8 Å². The number of nitrogens with one attached hydrogen (secondary N) is 1. The molecule has 0 aliphatic carbocycles. The second-order valence-electron chi connectivity index (χ2n) is 4.19. The lowest BCUT2D eigenvalue weighted by molar-refractivity contribution is 0.0927. The van der Waals surface area contributed by atoms with Gasteiger partial charge in [-0.3, -0.25) is 4.79 Å². The number of aliphatic hydroxyl groups excluding tert-OH is 1. The van der Waals surface area contributed by atoms with E-state index in [0.717, 1.165) is 18.1 Å². The van der Waals surface area contributed by atoms with Gasteiger partial charge in [0.15, 0.2) is 5.13 Å². The van der Waals surface area contributed by atoms with Crippen LogP contribution in [0, 0.1) is 0 Å². The van der Waals surface area contributed by atoms with E-state index in [-0.39, 0.29) is 24.4 Å². The van der Waals surface area contributed by atoms with E-state index in [9.17, 15) is 4.79 Å². The lowest BCUT2D eigenvalue weighted by Crippen LogP contribution is -2.34. The zero-order valence-electron chi connectivity index (χ0n) is 10.9. The third-order valence-corrected chi connectivity index (χ3v) is 3.57. The fraction of sp³-hybridized carbons (Fsp3) is 0.636. The molecule has 0 aliphatic rings. The molecule has 0 bridgehead atoms. The van der Waals surface area contributed by atoms with E-state index in [1.807, 2.05) is 11.9 Å². The van der Waals surface area contributed by atoms with E-state index in [4.69, 9.17) is 10.8 Å². The average Bonchev–Trinajstić information content (AvgIpc) is 2.71. The Morgan fingerprint density at radius 2 is 2.33 bits per heavy atom. The first-order chi connectivity index (χ1) is 8.49. The van der Waals surface area contributed by atoms with Crippen LogP contribution in [0.1, 0.15) is 29.9 Å². The highest BCUT2D eigenvalue weighted by Gasteiger charge is 2.18. The topological polar surface area (TPSA) is 91.5 Å². The number of anilines is 2. The molecule has 102 valence electrons. The van der Waals surface area contributed by atoms with Crippen LogP contribution in [0.5, 0.6) is 0 Å². The molecule has 6 nitrogen and oxygen atoms in total. The van der Waals surface area contributed by atoms with Gasteiger partial charge in [-0.05, 0) is 13.3 Å². The molecule has 0 aliphatic heterocycles. The van der Waals surface area contributed by atoms with E-state index < -0.39 is 0 Å². The molecule has 4 N–H and O–H groups in total. The summed E-state index contributed by atoms with van der Waals surface area (Å²) in [6.07, 6.45) is 0.999. The second-order valence-corrected chi connectivity index (χ2v) is 5.17. The van der Waals surface area contributed by atoms with Crippen molar-refractivity contribution in [3.63, 3.8) is 0 Å². The predicted octanol–water partition coefficient (Wildman–Crippen LogP) is 0.682. The quantitative estimate of drug-likeness (QED) is 0.708. The van der Waals surface area contributed by atoms with Crippen LogP contribution < -0.4 is 16.0 Å². The Balaban J connectivity index is 2.81. The summed E-state index contributed by atoms with van der Waals surface area (Å²) in [6.45, 7) is 4.55. The van der Waals surface area contributed by atoms with Crippen LogP contribution >= 0.6 is 11.3 Å². The van der Waals surface area contributed by atoms with Crippen molar-refractivity contribution >= 4 is 28.2 Å². The van der Waals surface area contributed by atoms with Gasteiger partial charge < -0.3 is 21.1 Å². The molecule has 0 radical (unpaired) electrons. The summed E-state index contributed by atoms with van der Waals surface area (Å²) in [7, 11) is 1.92. The van der Waals surface area contributed by atoms with Gasteiger partial charge in [0.05, 0.1) is 6.61 Å². The Morgan fingerprint density at radius 3 is 2.89 bits per heavy atom. The molecule has 1 unspecified atom stereocenters. The highest BCUT2D eigenvalue weighted by atomic mass is 32.1. The first-order valence-corrected chi connectivity index (χ1v) is 6.70. The van der Waals surface area contributed by atoms with Crippen LogP contribution in [-0.4, -0.2) is 42.2 Å². The van der Waals surface area contributed by atoms with Gasteiger partial charge in [0.2, 0.25) is 0 Å². The van der Waals surface area contributed by atoms with Crippen molar-refractivity contribution in [1.82, 2.24) is 10.3 Å². The number of carbonyl (C=O) groups excluding carboxylic acids is 1. The number of aromatic nitrogens is 1. The van der Waals surface area contributed by atoms with Crippen LogP contribution in [0.15, 0.2) is 0 Å². The Kier molecular flexibility index (Phi) is 5.36. The number of amides is 1. The zero-order chi connectivity index (χ0) is 13.7. The van der Waals surface area contributed by atoms with E-state index in [1.54, 1.807) is 6.92 Å². The minimum Gasteiger partial charge on any atom is -0.394 e. The fourth-order valence-corrected chi connectivity index (χ4v) is 2.29. The Hall–Kier alpha value is -1.34. The number of nitrogen functional groups attached to an aromatic ring is 1. The summed E-state index contributed by atoms with van der Waals surface area (Å²) < 4.78 is 0. The van der Waals surface area contributed by atoms with Crippen molar-refractivity contribution in [2.24, 2.45) is 0 Å². The zero-order valence-corrected chi connectivity index (χ0v) is 11.8. The average molecular weight is 272 g/mol. The third-order valence-electron chi connectivity index (χ3n) is 2.39. The maximum atomic E-state index is 11.9. The second kappa shape index (κ2) is 6.55. The van der Waals surface area contributed by atoms with Gasteiger partial charge in [-0.15, -0.1) is 0 Å². The number of hydrogen-bond donors (Lipinski definition) is 3. The number of carbonyl (C=O) groups is 1. The number of nitrogens with two attached hydrogens (primary N) is 1. The molecule has 1 heterocycles.